The Morgan fingerprint density at radius 3 is 1.48 bits per heavy atom. The van der Waals surface area contributed by atoms with Gasteiger partial charge in [-0.25, -0.2) is 10.9 Å². The minimum Gasteiger partial charge on any atom is -0.369 e. The number of nitrogens with zero attached hydrogens (tertiary/aromatic N) is 6. The maximum atomic E-state index is 11.3. The molecule has 10 N–H and O–H groups in total. The molecule has 22 nitrogen and oxygen atoms in total. The van der Waals surface area contributed by atoms with Crippen LogP contribution in [0.1, 0.15) is 11.4 Å². The van der Waals surface area contributed by atoms with E-state index in [9.17, 15) is 37.1 Å². The van der Waals surface area contributed by atoms with Crippen LogP contribution in [0.4, 0.5) is 11.4 Å². The van der Waals surface area contributed by atoms with Crippen LogP contribution in [0.25, 0.3) is 34.3 Å². The molecule has 0 fully saturated rings. The Bertz CT molecular complexity index is 2830. The Labute approximate surface area is 352 Å². The van der Waals surface area contributed by atoms with E-state index in [0.29, 0.717) is 16.8 Å². The van der Waals surface area contributed by atoms with Gasteiger partial charge in [0, 0.05) is 53.7 Å². The van der Waals surface area contributed by atoms with E-state index in [1.807, 2.05) is 12.1 Å². The molecule has 2 aromatic heterocycles. The smallest absolute Gasteiger partial charge is 0.296 e. The Hall–Kier alpha value is -8.32. The summed E-state index contributed by atoms with van der Waals surface area (Å²) in [6, 6.07) is 28.5. The molecule has 320 valence electrons. The number of nitrogens with two attached hydrogens (primary N) is 2. The van der Waals surface area contributed by atoms with Crippen molar-refractivity contribution in [3.63, 3.8) is 0 Å². The van der Waals surface area contributed by atoms with E-state index in [0.717, 1.165) is 17.5 Å². The summed E-state index contributed by atoms with van der Waals surface area (Å²) in [7, 11) is -9.53. The van der Waals surface area contributed by atoms with Crippen LogP contribution >= 0.6 is 0 Å². The first-order valence-corrected chi connectivity index (χ1v) is 20.2. The van der Waals surface area contributed by atoms with Crippen molar-refractivity contribution >= 4 is 78.9 Å². The van der Waals surface area contributed by atoms with Crippen molar-refractivity contribution in [2.75, 3.05) is 0 Å². The zero-order valence-electron chi connectivity index (χ0n) is 31.8. The van der Waals surface area contributed by atoms with Crippen LogP contribution in [-0.2, 0) is 20.2 Å². The molecule has 0 saturated heterocycles. The van der Waals surface area contributed by atoms with Crippen LogP contribution in [0.5, 0.6) is 0 Å². The number of rotatable bonds is 12. The minimum atomic E-state index is -4.78. The molecular weight excluding hydrogens is 849 g/mol. The summed E-state index contributed by atoms with van der Waals surface area (Å²) < 4.78 is 66.4. The molecule has 0 aliphatic rings. The highest BCUT2D eigenvalue weighted by Gasteiger charge is 2.26. The summed E-state index contributed by atoms with van der Waals surface area (Å²) in [6.45, 7) is 0. The van der Waals surface area contributed by atoms with Gasteiger partial charge in [-0.1, -0.05) is 54.6 Å². The predicted molar refractivity (Wildman–Crippen MR) is 234 cm³/mol. The molecule has 0 unspecified atom stereocenters. The fourth-order valence-electron chi connectivity index (χ4n) is 5.42. The summed E-state index contributed by atoms with van der Waals surface area (Å²) in [5.74, 6) is -0.513. The van der Waals surface area contributed by atoms with Crippen LogP contribution < -0.4 is 22.3 Å². The molecule has 0 saturated carbocycles. The monoisotopic (exact) mass is 884 g/mol. The number of nitro benzene ring substituents is 2. The normalized spacial score (nSPS) is 11.6. The number of para-hydroxylation sites is 4. The molecule has 6 aromatic rings. The zero-order valence-corrected chi connectivity index (χ0v) is 33.5. The largest absolute Gasteiger partial charge is 0.369 e. The van der Waals surface area contributed by atoms with Crippen molar-refractivity contribution in [1.29, 1.82) is 10.8 Å². The van der Waals surface area contributed by atoms with Crippen molar-refractivity contribution in [2.24, 2.45) is 21.7 Å². The van der Waals surface area contributed by atoms with Crippen LogP contribution in [0, 0.1) is 31.0 Å². The maximum Gasteiger partial charge on any atom is 0.296 e. The summed E-state index contributed by atoms with van der Waals surface area (Å²) in [4.78, 5) is 19.7. The second-order valence-corrected chi connectivity index (χ2v) is 14.7. The minimum absolute atomic E-state index is 0.0233. The van der Waals surface area contributed by atoms with Gasteiger partial charge >= 0.3 is 0 Å². The third-order valence-corrected chi connectivity index (χ3v) is 9.82. The Morgan fingerprint density at radius 2 is 1.06 bits per heavy atom. The second kappa shape index (κ2) is 21.1. The van der Waals surface area contributed by atoms with E-state index >= 15 is 0 Å². The molecule has 2 heterocycles. The van der Waals surface area contributed by atoms with Gasteiger partial charge < -0.3 is 20.6 Å². The molecule has 0 spiro atoms. The molecule has 0 aliphatic carbocycles. The highest BCUT2D eigenvalue weighted by molar-refractivity contribution is 7.89. The van der Waals surface area contributed by atoms with Crippen LogP contribution in [0.2, 0.25) is 0 Å². The number of nitro groups is 2. The molecular formula is C38H36N12O10S2. The number of hydrogen-bond donors (Lipinski definition) is 8. The SMILES string of the molecule is N=C(N)N/N=C/C=C/c1cccn1-c1ccccc1[N+](=O)[O-].N=C(N)N/N=C/C=C/c1cccn1-c1ccccc1[N+](=O)[O-].O=S(=O)(O)c1ccc2ccccc2c1S(=O)(=O)O. The average molecular weight is 885 g/mol. The lowest BCUT2D eigenvalue weighted by Gasteiger charge is -2.08. The van der Waals surface area contributed by atoms with Crippen molar-refractivity contribution in [3.8, 4) is 11.4 Å². The third-order valence-electron chi connectivity index (χ3n) is 7.84. The molecule has 0 aliphatic heterocycles. The molecule has 62 heavy (non-hydrogen) atoms. The van der Waals surface area contributed by atoms with Gasteiger partial charge in [0.25, 0.3) is 31.6 Å². The van der Waals surface area contributed by atoms with E-state index < -0.39 is 39.9 Å². The van der Waals surface area contributed by atoms with Gasteiger partial charge in [0.05, 0.1) is 9.85 Å². The van der Waals surface area contributed by atoms with Gasteiger partial charge in [-0.2, -0.15) is 27.0 Å². The molecule has 0 bridgehead atoms. The number of hydrazone groups is 2. The van der Waals surface area contributed by atoms with E-state index in [-0.39, 0.29) is 28.7 Å². The zero-order chi connectivity index (χ0) is 45.5. The Kier molecular flexibility index (Phi) is 15.8. The second-order valence-electron chi connectivity index (χ2n) is 12.0. The topological polar surface area (TPSA) is 353 Å². The highest BCUT2D eigenvalue weighted by atomic mass is 32.2. The molecule has 0 atom stereocenters. The van der Waals surface area contributed by atoms with Crippen LogP contribution in [0.3, 0.4) is 0 Å². The average Bonchev–Trinajstić information content (AvgIpc) is 3.89. The van der Waals surface area contributed by atoms with Crippen LogP contribution in [-0.4, -0.2) is 69.3 Å². The van der Waals surface area contributed by atoms with Crippen molar-refractivity contribution in [3.05, 3.63) is 165 Å². The summed E-state index contributed by atoms with van der Waals surface area (Å²) in [5.41, 5.74) is 17.2. The summed E-state index contributed by atoms with van der Waals surface area (Å²) in [6.07, 6.45) is 13.1. The Morgan fingerprint density at radius 1 is 0.629 bits per heavy atom. The number of hydrogen-bond acceptors (Lipinski definition) is 12. The summed E-state index contributed by atoms with van der Waals surface area (Å²) >= 11 is 0. The molecule has 24 heteroatoms. The fraction of sp³-hybridized carbons (Fsp3) is 0. The quantitative estimate of drug-likeness (QED) is 0.0262. The lowest BCUT2D eigenvalue weighted by Crippen LogP contribution is -2.25. The van der Waals surface area contributed by atoms with Crippen LogP contribution in [0.15, 0.2) is 154 Å². The van der Waals surface area contributed by atoms with Gasteiger partial charge in [-0.05, 0) is 72.2 Å². The number of allylic oxidation sites excluding steroid dienone is 2. The molecule has 6 rings (SSSR count). The first-order valence-electron chi connectivity index (χ1n) is 17.3. The highest BCUT2D eigenvalue weighted by Crippen LogP contribution is 2.30. The number of nitrogens with one attached hydrogen (secondary N) is 4. The van der Waals surface area contributed by atoms with E-state index in [2.05, 4.69) is 21.1 Å². The van der Waals surface area contributed by atoms with E-state index in [1.165, 1.54) is 42.8 Å². The van der Waals surface area contributed by atoms with Crippen molar-refractivity contribution in [1.82, 2.24) is 20.0 Å². The van der Waals surface area contributed by atoms with Crippen molar-refractivity contribution in [2.45, 2.75) is 9.79 Å². The first-order chi connectivity index (χ1) is 29.4. The first kappa shape index (κ1) is 46.4. The van der Waals surface area contributed by atoms with Gasteiger partial charge in [0.1, 0.15) is 21.2 Å². The van der Waals surface area contributed by atoms with Crippen molar-refractivity contribution < 1.29 is 35.8 Å². The number of benzene rings is 4. The maximum absolute atomic E-state index is 11.3. The Balaban J connectivity index is 0.000000206. The van der Waals surface area contributed by atoms with E-state index in [4.69, 9.17) is 31.4 Å². The van der Waals surface area contributed by atoms with Gasteiger partial charge in [-0.15, -0.1) is 0 Å². The van der Waals surface area contributed by atoms with E-state index in [1.54, 1.807) is 106 Å². The van der Waals surface area contributed by atoms with Gasteiger partial charge in [-0.3, -0.25) is 40.2 Å². The molecule has 0 radical (unpaired) electrons. The van der Waals surface area contributed by atoms with Gasteiger partial charge in [0.15, 0.2) is 0 Å². The standard InChI is InChI=1S/2C14H14N6O2.C10H8O6S2/c2*15-14(16)18-17-9-3-5-11-6-4-10-19(11)12-7-1-2-8-13(12)20(21)22;11-17(12,13)9-6-5-7-3-1-2-4-8(7)10(9)18(14,15)16/h2*1-10H,(H4,15,16,18);1-6H,(H,11,12,13)(H,14,15,16)/b2*5-3+,17-9+;. The number of guanidine groups is 2. The summed E-state index contributed by atoms with van der Waals surface area (Å²) in [5, 5.41) is 43.9. The number of aromatic nitrogens is 2. The predicted octanol–water partition coefficient (Wildman–Crippen LogP) is 5.07. The third kappa shape index (κ3) is 12.8. The molecule has 0 amide bonds. The number of fused-ring (bicyclic) bond motifs is 1. The fourth-order valence-corrected chi connectivity index (χ4v) is 7.42. The molecule has 4 aromatic carbocycles. The lowest BCUT2D eigenvalue weighted by molar-refractivity contribution is -0.384. The van der Waals surface area contributed by atoms with Gasteiger partial charge in [0.2, 0.25) is 11.9 Å². The lowest BCUT2D eigenvalue weighted by atomic mass is 10.1.